The third kappa shape index (κ3) is 2.25. The SMILES string of the molecule is C[CH2][Al]([CH2]C)[C]1(O)CCCCC1. The first-order valence-corrected chi connectivity index (χ1v) is 7.66. The normalized spacial score (nSPS) is 22.2. The van der Waals surface area contributed by atoms with Crippen LogP contribution < -0.4 is 0 Å². The van der Waals surface area contributed by atoms with E-state index in [0.717, 1.165) is 12.8 Å². The summed E-state index contributed by atoms with van der Waals surface area (Å²) in [5, 5.41) is 12.9. The Kier molecular flexibility index (Phi) is 4.10. The van der Waals surface area contributed by atoms with Crippen LogP contribution in [0.15, 0.2) is 0 Å². The lowest BCUT2D eigenvalue weighted by atomic mass is 9.97. The van der Waals surface area contributed by atoms with Crippen LogP contribution in [0.2, 0.25) is 10.6 Å². The molecule has 0 atom stereocenters. The van der Waals surface area contributed by atoms with Gasteiger partial charge in [-0.1, -0.05) is 43.7 Å². The van der Waals surface area contributed by atoms with E-state index >= 15 is 0 Å². The first-order valence-electron chi connectivity index (χ1n) is 5.45. The van der Waals surface area contributed by atoms with E-state index in [1.165, 1.54) is 29.8 Å². The average Bonchev–Trinajstić information content (AvgIpc) is 2.07. The quantitative estimate of drug-likeness (QED) is 0.669. The minimum atomic E-state index is -0.833. The molecule has 1 aliphatic carbocycles. The molecule has 0 aromatic rings. The van der Waals surface area contributed by atoms with Gasteiger partial charge in [-0.15, -0.1) is 0 Å². The zero-order valence-electron chi connectivity index (χ0n) is 8.47. The van der Waals surface area contributed by atoms with Crippen molar-refractivity contribution in [3.05, 3.63) is 0 Å². The molecule has 0 spiro atoms. The van der Waals surface area contributed by atoms with E-state index in [1.807, 2.05) is 0 Å². The van der Waals surface area contributed by atoms with Crippen molar-refractivity contribution in [1.29, 1.82) is 0 Å². The van der Waals surface area contributed by atoms with E-state index in [2.05, 4.69) is 13.8 Å². The summed E-state index contributed by atoms with van der Waals surface area (Å²) in [6.07, 6.45) is 6.08. The zero-order chi connectivity index (χ0) is 9.03. The molecule has 0 aromatic carbocycles. The Morgan fingerprint density at radius 2 is 1.58 bits per heavy atom. The van der Waals surface area contributed by atoms with Crippen molar-refractivity contribution < 1.29 is 5.11 Å². The van der Waals surface area contributed by atoms with Gasteiger partial charge in [0.25, 0.3) is 0 Å². The molecule has 1 aliphatic rings. The summed E-state index contributed by atoms with van der Waals surface area (Å²) in [4.78, 5) is 0. The maximum Gasteiger partial charge on any atom is 0.310 e. The summed E-state index contributed by atoms with van der Waals surface area (Å²) >= 11 is -0.833. The molecular weight excluding hydrogens is 163 g/mol. The minimum absolute atomic E-state index is 0.165. The fourth-order valence-electron chi connectivity index (χ4n) is 2.62. The van der Waals surface area contributed by atoms with Crippen LogP contribution in [0.4, 0.5) is 0 Å². The molecule has 0 amide bonds. The zero-order valence-corrected chi connectivity index (χ0v) is 9.63. The van der Waals surface area contributed by atoms with Gasteiger partial charge in [0.2, 0.25) is 0 Å². The van der Waals surface area contributed by atoms with E-state index in [1.54, 1.807) is 0 Å². The molecule has 1 rings (SSSR count). The fourth-order valence-corrected chi connectivity index (χ4v) is 5.94. The van der Waals surface area contributed by atoms with E-state index in [9.17, 15) is 5.11 Å². The smallest absolute Gasteiger partial charge is 0.310 e. The summed E-state index contributed by atoms with van der Waals surface area (Å²) < 4.78 is -0.165. The Morgan fingerprint density at radius 3 is 2.00 bits per heavy atom. The largest absolute Gasteiger partial charge is 0.405 e. The van der Waals surface area contributed by atoms with Gasteiger partial charge in [-0.3, -0.25) is 0 Å². The molecule has 1 fully saturated rings. The van der Waals surface area contributed by atoms with Crippen molar-refractivity contribution in [2.75, 3.05) is 0 Å². The molecule has 0 saturated heterocycles. The van der Waals surface area contributed by atoms with Gasteiger partial charge in [0.05, 0.1) is 0 Å². The van der Waals surface area contributed by atoms with Gasteiger partial charge in [-0.05, 0) is 12.8 Å². The van der Waals surface area contributed by atoms with E-state index < -0.39 is 14.1 Å². The number of rotatable bonds is 3. The molecular formula is C10H21AlO. The molecule has 0 radical (unpaired) electrons. The summed E-state index contributed by atoms with van der Waals surface area (Å²) in [5.41, 5.74) is 0. The van der Waals surface area contributed by atoms with Crippen LogP contribution in [0.1, 0.15) is 46.0 Å². The fraction of sp³-hybridized carbons (Fsp3) is 1.00. The summed E-state index contributed by atoms with van der Waals surface area (Å²) in [6.45, 7) is 4.51. The lowest BCUT2D eigenvalue weighted by molar-refractivity contribution is 0.0768. The van der Waals surface area contributed by atoms with Gasteiger partial charge in [-0.25, -0.2) is 0 Å². The van der Waals surface area contributed by atoms with E-state index in [-0.39, 0.29) is 4.46 Å². The highest BCUT2D eigenvalue weighted by molar-refractivity contribution is 6.61. The van der Waals surface area contributed by atoms with Crippen LogP contribution in [0.5, 0.6) is 0 Å². The number of hydrogen-bond donors (Lipinski definition) is 1. The molecule has 70 valence electrons. The van der Waals surface area contributed by atoms with Gasteiger partial charge in [0.15, 0.2) is 0 Å². The van der Waals surface area contributed by atoms with Gasteiger partial charge < -0.3 is 5.11 Å². The van der Waals surface area contributed by atoms with Crippen LogP contribution in [0.3, 0.4) is 0 Å². The standard InChI is InChI=1S/C6H11O.2C2H5.Al/c7-6-4-2-1-3-5-6;2*1-2;/h7H,1-5H2;2*1H2,2H3;. The second kappa shape index (κ2) is 4.65. The summed E-state index contributed by atoms with van der Waals surface area (Å²) in [5.74, 6) is 0. The van der Waals surface area contributed by atoms with E-state index in [0.29, 0.717) is 0 Å². The van der Waals surface area contributed by atoms with Gasteiger partial charge in [-0.2, -0.15) is 0 Å². The minimum Gasteiger partial charge on any atom is -0.405 e. The molecule has 1 N–H and O–H groups in total. The predicted molar refractivity (Wildman–Crippen MR) is 54.8 cm³/mol. The Labute approximate surface area is 80.6 Å². The Balaban J connectivity index is 2.53. The van der Waals surface area contributed by atoms with Crippen molar-refractivity contribution in [3.8, 4) is 0 Å². The third-order valence-corrected chi connectivity index (χ3v) is 7.53. The van der Waals surface area contributed by atoms with Crippen molar-refractivity contribution in [3.63, 3.8) is 0 Å². The molecule has 1 nitrogen and oxygen atoms in total. The van der Waals surface area contributed by atoms with Gasteiger partial charge in [0.1, 0.15) is 0 Å². The highest BCUT2D eigenvalue weighted by Gasteiger charge is 2.39. The molecule has 0 unspecified atom stereocenters. The van der Waals surface area contributed by atoms with Gasteiger partial charge in [0, 0.05) is 4.46 Å². The lowest BCUT2D eigenvalue weighted by Gasteiger charge is -2.36. The average molecular weight is 184 g/mol. The maximum atomic E-state index is 10.4. The number of hydrogen-bond acceptors (Lipinski definition) is 1. The maximum absolute atomic E-state index is 10.4. The molecule has 0 aliphatic heterocycles. The highest BCUT2D eigenvalue weighted by Crippen LogP contribution is 2.32. The molecule has 12 heavy (non-hydrogen) atoms. The predicted octanol–water partition coefficient (Wildman–Crippen LogP) is 2.76. The Bertz CT molecular complexity index is 126. The van der Waals surface area contributed by atoms with Crippen molar-refractivity contribution in [2.45, 2.75) is 61.0 Å². The van der Waals surface area contributed by atoms with Crippen molar-refractivity contribution in [1.82, 2.24) is 0 Å². The monoisotopic (exact) mass is 184 g/mol. The lowest BCUT2D eigenvalue weighted by Crippen LogP contribution is -2.46. The van der Waals surface area contributed by atoms with Gasteiger partial charge >= 0.3 is 14.1 Å². The van der Waals surface area contributed by atoms with Crippen LogP contribution in [0, 0.1) is 0 Å². The molecule has 1 saturated carbocycles. The Morgan fingerprint density at radius 1 is 1.08 bits per heavy atom. The number of aliphatic hydroxyl groups is 1. The molecule has 2 heteroatoms. The molecule has 0 aromatic heterocycles. The van der Waals surface area contributed by atoms with Crippen molar-refractivity contribution >= 4 is 14.1 Å². The topological polar surface area (TPSA) is 20.2 Å². The molecule has 0 bridgehead atoms. The molecule has 0 heterocycles. The van der Waals surface area contributed by atoms with Crippen LogP contribution in [-0.2, 0) is 0 Å². The first-order chi connectivity index (χ1) is 5.73. The summed E-state index contributed by atoms with van der Waals surface area (Å²) in [7, 11) is 0. The van der Waals surface area contributed by atoms with E-state index in [4.69, 9.17) is 0 Å². The summed E-state index contributed by atoms with van der Waals surface area (Å²) in [6, 6.07) is 0. The van der Waals surface area contributed by atoms with Crippen LogP contribution in [-0.4, -0.2) is 23.7 Å². The Hall–Kier alpha value is 0.492. The van der Waals surface area contributed by atoms with Crippen LogP contribution in [0.25, 0.3) is 0 Å². The second-order valence-electron chi connectivity index (χ2n) is 4.18. The van der Waals surface area contributed by atoms with Crippen LogP contribution >= 0.6 is 0 Å². The first kappa shape index (κ1) is 10.6. The second-order valence-corrected chi connectivity index (χ2v) is 8.28. The highest BCUT2D eigenvalue weighted by atomic mass is 27.2. The third-order valence-electron chi connectivity index (χ3n) is 3.46. The van der Waals surface area contributed by atoms with Crippen molar-refractivity contribution in [2.24, 2.45) is 0 Å².